The Hall–Kier alpha value is -1.50. The summed E-state index contributed by atoms with van der Waals surface area (Å²) in [5.74, 6) is 0.0877. The molecule has 1 N–H and O–H groups in total. The lowest BCUT2D eigenvalue weighted by molar-refractivity contribution is -0.126. The van der Waals surface area contributed by atoms with Gasteiger partial charge in [0.25, 0.3) is 0 Å². The Morgan fingerprint density at radius 3 is 2.88 bits per heavy atom. The molecule has 1 aromatic rings. The Morgan fingerprint density at radius 1 is 1.59 bits per heavy atom. The number of methoxy groups -OCH3 is 1. The Labute approximate surface area is 101 Å². The van der Waals surface area contributed by atoms with Crippen molar-refractivity contribution in [1.82, 2.24) is 25.5 Å². The number of amides is 1. The number of tetrazole rings is 1. The third-order valence-electron chi connectivity index (χ3n) is 2.71. The average molecular weight is 241 g/mol. The fourth-order valence-electron chi connectivity index (χ4n) is 1.54. The molecule has 0 saturated heterocycles. The number of carbonyl (C=O) groups is 1. The minimum Gasteiger partial charge on any atom is -0.383 e. The maximum atomic E-state index is 12.0. The molecule has 0 aliphatic rings. The van der Waals surface area contributed by atoms with Gasteiger partial charge in [-0.25, -0.2) is 4.68 Å². The summed E-state index contributed by atoms with van der Waals surface area (Å²) in [6.07, 6.45) is 2.34. The third kappa shape index (κ3) is 3.77. The van der Waals surface area contributed by atoms with E-state index >= 15 is 0 Å². The summed E-state index contributed by atoms with van der Waals surface area (Å²) in [7, 11) is 1.60. The highest BCUT2D eigenvalue weighted by Crippen LogP contribution is 2.19. The fraction of sp³-hybridized carbons (Fsp3) is 0.800. The molecular weight excluding hydrogens is 222 g/mol. The van der Waals surface area contributed by atoms with Crippen molar-refractivity contribution < 1.29 is 9.53 Å². The van der Waals surface area contributed by atoms with Crippen LogP contribution >= 0.6 is 0 Å². The number of hydrogen-bond acceptors (Lipinski definition) is 5. The normalized spacial score (nSPS) is 14.3. The minimum atomic E-state index is -0.369. The van der Waals surface area contributed by atoms with E-state index in [4.69, 9.17) is 4.74 Å². The van der Waals surface area contributed by atoms with Crippen molar-refractivity contribution in [3.8, 4) is 0 Å². The second kappa shape index (κ2) is 6.95. The van der Waals surface area contributed by atoms with E-state index in [0.29, 0.717) is 13.2 Å². The molecule has 96 valence electrons. The third-order valence-corrected chi connectivity index (χ3v) is 2.71. The molecule has 0 spiro atoms. The number of nitrogens with one attached hydrogen (secondary N) is 1. The molecule has 7 heteroatoms. The molecule has 2 atom stereocenters. The molecular formula is C10H19N5O2. The molecule has 0 aromatic carbocycles. The van der Waals surface area contributed by atoms with E-state index in [-0.39, 0.29) is 17.9 Å². The first-order chi connectivity index (χ1) is 8.20. The van der Waals surface area contributed by atoms with Crippen LogP contribution in [0, 0.1) is 5.92 Å². The van der Waals surface area contributed by atoms with Crippen molar-refractivity contribution >= 4 is 5.91 Å². The van der Waals surface area contributed by atoms with Gasteiger partial charge in [0.2, 0.25) is 5.91 Å². The molecule has 0 saturated carbocycles. The van der Waals surface area contributed by atoms with Crippen LogP contribution in [0.5, 0.6) is 0 Å². The van der Waals surface area contributed by atoms with Crippen LogP contribution in [0.25, 0.3) is 0 Å². The summed E-state index contributed by atoms with van der Waals surface area (Å²) in [6.45, 7) is 5.02. The van der Waals surface area contributed by atoms with Crippen molar-refractivity contribution in [2.24, 2.45) is 5.92 Å². The second-order valence-electron chi connectivity index (χ2n) is 3.90. The number of nitrogens with zero attached hydrogens (tertiary/aromatic N) is 4. The summed E-state index contributed by atoms with van der Waals surface area (Å²) in [5.41, 5.74) is 0. The quantitative estimate of drug-likeness (QED) is 0.681. The van der Waals surface area contributed by atoms with E-state index in [0.717, 1.165) is 6.42 Å². The van der Waals surface area contributed by atoms with Crippen LogP contribution < -0.4 is 5.32 Å². The van der Waals surface area contributed by atoms with Crippen LogP contribution in [0.15, 0.2) is 6.33 Å². The zero-order valence-electron chi connectivity index (χ0n) is 10.5. The first-order valence-corrected chi connectivity index (χ1v) is 5.69. The molecule has 0 bridgehead atoms. The Balaban J connectivity index is 2.67. The van der Waals surface area contributed by atoms with E-state index in [1.54, 1.807) is 7.11 Å². The zero-order valence-corrected chi connectivity index (χ0v) is 10.5. The Kier molecular flexibility index (Phi) is 5.55. The van der Waals surface area contributed by atoms with Gasteiger partial charge in [-0.3, -0.25) is 4.79 Å². The van der Waals surface area contributed by atoms with E-state index in [2.05, 4.69) is 20.8 Å². The van der Waals surface area contributed by atoms with Gasteiger partial charge in [0, 0.05) is 13.7 Å². The monoisotopic (exact) mass is 241 g/mol. The number of rotatable bonds is 7. The van der Waals surface area contributed by atoms with Crippen LogP contribution in [0.1, 0.15) is 26.3 Å². The topological polar surface area (TPSA) is 81.9 Å². The molecule has 0 fully saturated rings. The number of hydrogen-bond donors (Lipinski definition) is 1. The molecule has 1 amide bonds. The molecule has 17 heavy (non-hydrogen) atoms. The molecule has 7 nitrogen and oxygen atoms in total. The summed E-state index contributed by atoms with van der Waals surface area (Å²) < 4.78 is 6.38. The highest BCUT2D eigenvalue weighted by atomic mass is 16.5. The van der Waals surface area contributed by atoms with Crippen molar-refractivity contribution in [3.63, 3.8) is 0 Å². The molecule has 1 rings (SSSR count). The molecule has 1 aromatic heterocycles. The lowest BCUT2D eigenvalue weighted by Gasteiger charge is -2.21. The standard InChI is InChI=1S/C10H19N5O2/c1-4-8(2)9(15-7-12-13-14-15)10(16)11-5-6-17-3/h7-9H,4-6H2,1-3H3,(H,11,16). The summed E-state index contributed by atoms with van der Waals surface area (Å²) in [4.78, 5) is 12.0. The van der Waals surface area contributed by atoms with Crippen LogP contribution in [-0.4, -0.2) is 46.4 Å². The molecule has 0 radical (unpaired) electrons. The van der Waals surface area contributed by atoms with Gasteiger partial charge in [0.05, 0.1) is 6.61 Å². The van der Waals surface area contributed by atoms with E-state index in [1.807, 2.05) is 13.8 Å². The van der Waals surface area contributed by atoms with Gasteiger partial charge in [0.1, 0.15) is 12.4 Å². The SMILES string of the molecule is CCC(C)C(C(=O)NCCOC)n1cnnn1. The molecule has 0 aliphatic carbocycles. The van der Waals surface area contributed by atoms with E-state index < -0.39 is 0 Å². The Bertz CT molecular complexity index is 327. The lowest BCUT2D eigenvalue weighted by atomic mass is 9.98. The summed E-state index contributed by atoms with van der Waals surface area (Å²) in [5, 5.41) is 13.7. The van der Waals surface area contributed by atoms with Crippen molar-refractivity contribution in [2.75, 3.05) is 20.3 Å². The molecule has 1 heterocycles. The van der Waals surface area contributed by atoms with Gasteiger partial charge in [0.15, 0.2) is 0 Å². The van der Waals surface area contributed by atoms with Gasteiger partial charge in [-0.2, -0.15) is 0 Å². The Morgan fingerprint density at radius 2 is 2.35 bits per heavy atom. The fourth-order valence-corrected chi connectivity index (χ4v) is 1.54. The van der Waals surface area contributed by atoms with Crippen molar-refractivity contribution in [1.29, 1.82) is 0 Å². The van der Waals surface area contributed by atoms with Gasteiger partial charge in [-0.15, -0.1) is 5.10 Å². The number of aromatic nitrogens is 4. The highest BCUT2D eigenvalue weighted by Gasteiger charge is 2.26. The second-order valence-corrected chi connectivity index (χ2v) is 3.90. The lowest BCUT2D eigenvalue weighted by Crippen LogP contribution is -2.37. The highest BCUT2D eigenvalue weighted by molar-refractivity contribution is 5.80. The van der Waals surface area contributed by atoms with Gasteiger partial charge in [-0.05, 0) is 16.3 Å². The first kappa shape index (κ1) is 13.6. The van der Waals surface area contributed by atoms with Crippen molar-refractivity contribution in [2.45, 2.75) is 26.3 Å². The number of carbonyl (C=O) groups excluding carboxylic acids is 1. The average Bonchev–Trinajstić information content (AvgIpc) is 2.83. The van der Waals surface area contributed by atoms with Gasteiger partial charge in [-0.1, -0.05) is 20.3 Å². The van der Waals surface area contributed by atoms with E-state index in [9.17, 15) is 4.79 Å². The summed E-state index contributed by atoms with van der Waals surface area (Å²) >= 11 is 0. The smallest absolute Gasteiger partial charge is 0.245 e. The van der Waals surface area contributed by atoms with Crippen molar-refractivity contribution in [3.05, 3.63) is 6.33 Å². The van der Waals surface area contributed by atoms with Crippen LogP contribution in [0.2, 0.25) is 0 Å². The van der Waals surface area contributed by atoms with Crippen LogP contribution in [0.3, 0.4) is 0 Å². The van der Waals surface area contributed by atoms with E-state index in [1.165, 1.54) is 11.0 Å². The largest absolute Gasteiger partial charge is 0.383 e. The predicted molar refractivity (Wildman–Crippen MR) is 61.2 cm³/mol. The summed E-state index contributed by atoms with van der Waals surface area (Å²) in [6, 6.07) is -0.369. The van der Waals surface area contributed by atoms with Crippen LogP contribution in [-0.2, 0) is 9.53 Å². The minimum absolute atomic E-state index is 0.0799. The predicted octanol–water partition coefficient (Wildman–Crippen LogP) is 0.0229. The molecule has 0 aliphatic heterocycles. The first-order valence-electron chi connectivity index (χ1n) is 5.69. The van der Waals surface area contributed by atoms with Crippen LogP contribution in [0.4, 0.5) is 0 Å². The molecule has 2 unspecified atom stereocenters. The van der Waals surface area contributed by atoms with Gasteiger partial charge >= 0.3 is 0 Å². The van der Waals surface area contributed by atoms with Gasteiger partial charge < -0.3 is 10.1 Å². The maximum absolute atomic E-state index is 12.0. The number of ether oxygens (including phenoxy) is 1. The zero-order chi connectivity index (χ0) is 12.7. The maximum Gasteiger partial charge on any atom is 0.245 e.